The average molecular weight is 424 g/mol. The highest BCUT2D eigenvalue weighted by molar-refractivity contribution is 5.87. The molecule has 8 nitrogen and oxygen atoms in total. The molecule has 2 aliphatic rings. The summed E-state index contributed by atoms with van der Waals surface area (Å²) < 4.78 is 10.7. The molecule has 0 radical (unpaired) electrons. The number of carbonyl (C=O) groups excluding carboxylic acids is 2. The van der Waals surface area contributed by atoms with Crippen molar-refractivity contribution in [2.45, 2.75) is 38.6 Å². The number of rotatable bonds is 5. The van der Waals surface area contributed by atoms with E-state index in [1.54, 1.807) is 13.8 Å². The van der Waals surface area contributed by atoms with Crippen molar-refractivity contribution in [1.82, 2.24) is 10.2 Å². The number of fused-ring (bicyclic) bond motifs is 3. The van der Waals surface area contributed by atoms with Crippen LogP contribution in [0.3, 0.4) is 0 Å². The van der Waals surface area contributed by atoms with Gasteiger partial charge in [0.15, 0.2) is 6.04 Å². The molecular weight excluding hydrogens is 400 g/mol. The Morgan fingerprint density at radius 3 is 2.68 bits per heavy atom. The molecule has 0 unspecified atom stereocenters. The second-order valence-corrected chi connectivity index (χ2v) is 8.08. The number of nitrogens with zero attached hydrogens (tertiary/aromatic N) is 1. The Morgan fingerprint density at radius 1 is 1.16 bits per heavy atom. The monoisotopic (exact) mass is 424 g/mol. The van der Waals surface area contributed by atoms with Gasteiger partial charge in [-0.3, -0.25) is 9.69 Å². The molecule has 162 valence electrons. The Balaban J connectivity index is 1.35. The van der Waals surface area contributed by atoms with Crippen LogP contribution in [0.5, 0.6) is 0 Å². The molecule has 0 saturated carbocycles. The predicted molar refractivity (Wildman–Crippen MR) is 111 cm³/mol. The van der Waals surface area contributed by atoms with Crippen LogP contribution in [0.4, 0.5) is 4.79 Å². The highest BCUT2D eigenvalue weighted by Gasteiger charge is 2.47. The van der Waals surface area contributed by atoms with E-state index in [4.69, 9.17) is 9.47 Å². The summed E-state index contributed by atoms with van der Waals surface area (Å²) in [6, 6.07) is 13.0. The molecule has 8 heteroatoms. The number of carboxylic acids is 1. The number of hydrogen-bond acceptors (Lipinski definition) is 5. The molecule has 2 amide bonds. The standard InChI is InChI=1S/C23H24N2O6/c1-23(2)25(19(13-31-23)21(27)28)20(26)11-24-22(29)30-12-15-7-5-9-17-16-8-4-3-6-14(16)10-18(15)17/h3-9,19H,10-13H2,1-2H3,(H,24,29)(H,27,28)/t19-/m0/s1. The van der Waals surface area contributed by atoms with Gasteiger partial charge in [-0.25, -0.2) is 9.59 Å². The van der Waals surface area contributed by atoms with Crippen molar-refractivity contribution in [2.24, 2.45) is 0 Å². The van der Waals surface area contributed by atoms with Gasteiger partial charge in [0.05, 0.1) is 6.61 Å². The SMILES string of the molecule is CC1(C)OC[C@@H](C(=O)O)N1C(=O)CNC(=O)OCc1cccc2c1Cc1ccccc1-2. The van der Waals surface area contributed by atoms with Gasteiger partial charge in [0, 0.05) is 0 Å². The third-order valence-electron chi connectivity index (χ3n) is 5.73. The summed E-state index contributed by atoms with van der Waals surface area (Å²) in [5, 5.41) is 11.7. The summed E-state index contributed by atoms with van der Waals surface area (Å²) in [7, 11) is 0. The van der Waals surface area contributed by atoms with Crippen molar-refractivity contribution in [2.75, 3.05) is 13.2 Å². The first kappa shape index (κ1) is 20.9. The van der Waals surface area contributed by atoms with Gasteiger partial charge < -0.3 is 19.9 Å². The largest absolute Gasteiger partial charge is 0.480 e. The molecule has 2 aromatic carbocycles. The van der Waals surface area contributed by atoms with E-state index >= 15 is 0 Å². The zero-order valence-corrected chi connectivity index (χ0v) is 17.4. The lowest BCUT2D eigenvalue weighted by molar-refractivity contribution is -0.154. The van der Waals surface area contributed by atoms with Crippen molar-refractivity contribution >= 4 is 18.0 Å². The number of amides is 2. The van der Waals surface area contributed by atoms with Crippen LogP contribution in [0.2, 0.25) is 0 Å². The van der Waals surface area contributed by atoms with Gasteiger partial charge in [0.2, 0.25) is 5.91 Å². The van der Waals surface area contributed by atoms with E-state index in [1.807, 2.05) is 24.3 Å². The highest BCUT2D eigenvalue weighted by Crippen LogP contribution is 2.38. The van der Waals surface area contributed by atoms with Crippen LogP contribution in [0, 0.1) is 0 Å². The van der Waals surface area contributed by atoms with Gasteiger partial charge in [-0.05, 0) is 48.1 Å². The Morgan fingerprint density at radius 2 is 1.90 bits per heavy atom. The summed E-state index contributed by atoms with van der Waals surface area (Å²) in [6.45, 7) is 2.82. The molecule has 1 saturated heterocycles. The number of aliphatic carboxylic acids is 1. The van der Waals surface area contributed by atoms with Crippen LogP contribution < -0.4 is 5.32 Å². The van der Waals surface area contributed by atoms with Gasteiger partial charge in [0.25, 0.3) is 0 Å². The van der Waals surface area contributed by atoms with Gasteiger partial charge in [-0.15, -0.1) is 0 Å². The molecule has 1 fully saturated rings. The van der Waals surface area contributed by atoms with Crippen molar-refractivity contribution in [3.63, 3.8) is 0 Å². The minimum atomic E-state index is -1.15. The fourth-order valence-corrected chi connectivity index (χ4v) is 4.24. The molecule has 1 aliphatic heterocycles. The summed E-state index contributed by atoms with van der Waals surface area (Å²) in [5.74, 6) is -1.71. The second kappa shape index (κ2) is 8.03. The van der Waals surface area contributed by atoms with E-state index in [0.29, 0.717) is 0 Å². The van der Waals surface area contributed by atoms with E-state index in [1.165, 1.54) is 11.1 Å². The number of benzene rings is 2. The molecular formula is C23H24N2O6. The van der Waals surface area contributed by atoms with Crippen LogP contribution in [-0.4, -0.2) is 52.9 Å². The lowest BCUT2D eigenvalue weighted by Gasteiger charge is -2.32. The van der Waals surface area contributed by atoms with Gasteiger partial charge in [0.1, 0.15) is 18.9 Å². The topological polar surface area (TPSA) is 105 Å². The zero-order chi connectivity index (χ0) is 22.2. The fourth-order valence-electron chi connectivity index (χ4n) is 4.24. The Bertz CT molecular complexity index is 1050. The number of hydrogen-bond donors (Lipinski definition) is 2. The molecule has 2 aromatic rings. The van der Waals surface area contributed by atoms with Crippen LogP contribution in [0.1, 0.15) is 30.5 Å². The first-order valence-electron chi connectivity index (χ1n) is 10.1. The average Bonchev–Trinajstić information content (AvgIpc) is 3.27. The molecule has 0 spiro atoms. The number of ether oxygens (including phenoxy) is 2. The van der Waals surface area contributed by atoms with Crippen molar-refractivity contribution in [3.05, 3.63) is 59.2 Å². The van der Waals surface area contributed by atoms with Crippen LogP contribution in [0.25, 0.3) is 11.1 Å². The van der Waals surface area contributed by atoms with Gasteiger partial charge in [-0.2, -0.15) is 0 Å². The van der Waals surface area contributed by atoms with E-state index in [-0.39, 0.29) is 19.8 Å². The number of alkyl carbamates (subject to hydrolysis) is 1. The minimum absolute atomic E-state index is 0.0766. The zero-order valence-electron chi connectivity index (χ0n) is 17.4. The summed E-state index contributed by atoms with van der Waals surface area (Å²) in [5.41, 5.74) is 4.55. The number of carboxylic acid groups (broad SMARTS) is 1. The highest BCUT2D eigenvalue weighted by atomic mass is 16.5. The molecule has 1 atom stereocenters. The first-order chi connectivity index (χ1) is 14.8. The van der Waals surface area contributed by atoms with E-state index in [2.05, 4.69) is 23.5 Å². The summed E-state index contributed by atoms with van der Waals surface area (Å²) >= 11 is 0. The van der Waals surface area contributed by atoms with Crippen LogP contribution in [0.15, 0.2) is 42.5 Å². The maximum Gasteiger partial charge on any atom is 0.407 e. The Hall–Kier alpha value is -3.39. The molecule has 1 heterocycles. The molecule has 0 bridgehead atoms. The van der Waals surface area contributed by atoms with E-state index < -0.39 is 29.7 Å². The molecule has 2 N–H and O–H groups in total. The second-order valence-electron chi connectivity index (χ2n) is 8.08. The third kappa shape index (κ3) is 3.98. The van der Waals surface area contributed by atoms with Crippen molar-refractivity contribution in [1.29, 1.82) is 0 Å². The minimum Gasteiger partial charge on any atom is -0.480 e. The van der Waals surface area contributed by atoms with Gasteiger partial charge in [-0.1, -0.05) is 42.5 Å². The number of nitrogens with one attached hydrogen (secondary N) is 1. The molecule has 0 aromatic heterocycles. The lowest BCUT2D eigenvalue weighted by atomic mass is 10.0. The predicted octanol–water partition coefficient (Wildman–Crippen LogP) is 2.53. The third-order valence-corrected chi connectivity index (χ3v) is 5.73. The molecule has 31 heavy (non-hydrogen) atoms. The molecule has 4 rings (SSSR count). The maximum atomic E-state index is 12.5. The maximum absolute atomic E-state index is 12.5. The molecule has 1 aliphatic carbocycles. The Kier molecular flexibility index (Phi) is 5.41. The van der Waals surface area contributed by atoms with Crippen LogP contribution in [-0.2, 0) is 32.1 Å². The van der Waals surface area contributed by atoms with Crippen molar-refractivity contribution < 1.29 is 29.0 Å². The first-order valence-corrected chi connectivity index (χ1v) is 10.1. The normalized spacial score (nSPS) is 18.3. The smallest absolute Gasteiger partial charge is 0.407 e. The summed E-state index contributed by atoms with van der Waals surface area (Å²) in [6.07, 6.45) is 0.0393. The van der Waals surface area contributed by atoms with Gasteiger partial charge >= 0.3 is 12.1 Å². The summed E-state index contributed by atoms with van der Waals surface area (Å²) in [4.78, 5) is 37.3. The Labute approximate surface area is 179 Å². The van der Waals surface area contributed by atoms with E-state index in [0.717, 1.165) is 28.0 Å². The number of carbonyl (C=O) groups is 3. The lowest BCUT2D eigenvalue weighted by Crippen LogP contribution is -2.53. The van der Waals surface area contributed by atoms with Crippen molar-refractivity contribution in [3.8, 4) is 11.1 Å². The van der Waals surface area contributed by atoms with E-state index in [9.17, 15) is 19.5 Å². The quantitative estimate of drug-likeness (QED) is 0.652. The van der Waals surface area contributed by atoms with Crippen LogP contribution >= 0.6 is 0 Å². The fraction of sp³-hybridized carbons (Fsp3) is 0.348.